The van der Waals surface area contributed by atoms with Crippen LogP contribution in [-0.2, 0) is 11.3 Å². The van der Waals surface area contributed by atoms with E-state index in [0.29, 0.717) is 0 Å². The molecule has 0 saturated carbocycles. The van der Waals surface area contributed by atoms with Gasteiger partial charge in [-0.2, -0.15) is 0 Å². The molecule has 21 heavy (non-hydrogen) atoms. The van der Waals surface area contributed by atoms with Crippen molar-refractivity contribution in [2.75, 3.05) is 26.2 Å². The summed E-state index contributed by atoms with van der Waals surface area (Å²) in [6, 6.07) is 3.85. The highest BCUT2D eigenvalue weighted by Gasteiger charge is 2.31. The fraction of sp³-hybridized carbons (Fsp3) is 0.688. The van der Waals surface area contributed by atoms with E-state index in [1.54, 1.807) is 11.3 Å². The minimum Gasteiger partial charge on any atom is -0.340 e. The number of carbonyl (C=O) groups is 1. The van der Waals surface area contributed by atoms with Crippen LogP contribution in [0.3, 0.4) is 0 Å². The molecule has 1 aromatic heterocycles. The van der Waals surface area contributed by atoms with E-state index in [4.69, 9.17) is 5.73 Å². The largest absolute Gasteiger partial charge is 0.340 e. The molecule has 2 heterocycles. The molecule has 0 radical (unpaired) electrons. The molecule has 2 rings (SSSR count). The van der Waals surface area contributed by atoms with Crippen LogP contribution in [0.25, 0.3) is 0 Å². The van der Waals surface area contributed by atoms with Crippen molar-refractivity contribution in [2.24, 2.45) is 11.1 Å². The van der Waals surface area contributed by atoms with Crippen LogP contribution in [0.1, 0.15) is 32.1 Å². The van der Waals surface area contributed by atoms with E-state index >= 15 is 0 Å². The number of hydrogen-bond acceptors (Lipinski definition) is 4. The van der Waals surface area contributed by atoms with E-state index in [0.717, 1.165) is 39.1 Å². The first-order valence-electron chi connectivity index (χ1n) is 7.67. The zero-order valence-corrected chi connectivity index (χ0v) is 14.2. The first kappa shape index (κ1) is 16.5. The monoisotopic (exact) mass is 309 g/mol. The maximum absolute atomic E-state index is 12.5. The lowest BCUT2D eigenvalue weighted by Gasteiger charge is -2.31. The predicted octanol–water partition coefficient (Wildman–Crippen LogP) is 2.16. The highest BCUT2D eigenvalue weighted by molar-refractivity contribution is 7.09. The Hall–Kier alpha value is -0.910. The zero-order valence-electron chi connectivity index (χ0n) is 13.3. The van der Waals surface area contributed by atoms with Gasteiger partial charge in [0.1, 0.15) is 0 Å². The van der Waals surface area contributed by atoms with E-state index in [1.807, 2.05) is 25.7 Å². The lowest BCUT2D eigenvalue weighted by molar-refractivity contribution is -0.134. The van der Waals surface area contributed by atoms with Crippen molar-refractivity contribution in [1.29, 1.82) is 0 Å². The second-order valence-corrected chi connectivity index (χ2v) is 7.91. The van der Waals surface area contributed by atoms with Crippen LogP contribution >= 0.6 is 11.3 Å². The maximum atomic E-state index is 12.5. The van der Waals surface area contributed by atoms with E-state index in [-0.39, 0.29) is 11.3 Å². The van der Waals surface area contributed by atoms with Gasteiger partial charge in [-0.25, -0.2) is 0 Å². The smallest absolute Gasteiger partial charge is 0.240 e. The second-order valence-electron chi connectivity index (χ2n) is 6.88. The number of carbonyl (C=O) groups excluding carboxylic acids is 1. The van der Waals surface area contributed by atoms with Gasteiger partial charge >= 0.3 is 0 Å². The SMILES string of the molecule is CC(C)(C)[C@@H](N)C(=O)N1CCCN(Cc2cccs2)CC1. The van der Waals surface area contributed by atoms with Gasteiger partial charge in [-0.1, -0.05) is 26.8 Å². The molecule has 1 atom stereocenters. The number of thiophene rings is 1. The molecule has 0 unspecified atom stereocenters. The van der Waals surface area contributed by atoms with Crippen LogP contribution < -0.4 is 5.73 Å². The van der Waals surface area contributed by atoms with Crippen LogP contribution in [0.2, 0.25) is 0 Å². The fourth-order valence-corrected chi connectivity index (χ4v) is 3.29. The summed E-state index contributed by atoms with van der Waals surface area (Å²) in [4.78, 5) is 18.3. The zero-order chi connectivity index (χ0) is 15.5. The number of amides is 1. The average Bonchev–Trinajstić information content (AvgIpc) is 2.81. The van der Waals surface area contributed by atoms with Gasteiger partial charge in [-0.15, -0.1) is 11.3 Å². The minimum absolute atomic E-state index is 0.0977. The van der Waals surface area contributed by atoms with Crippen molar-refractivity contribution in [3.8, 4) is 0 Å². The third kappa shape index (κ3) is 4.53. The van der Waals surface area contributed by atoms with Crippen molar-refractivity contribution >= 4 is 17.2 Å². The first-order valence-corrected chi connectivity index (χ1v) is 8.55. The molecule has 1 aromatic rings. The van der Waals surface area contributed by atoms with E-state index < -0.39 is 6.04 Å². The molecule has 5 heteroatoms. The topological polar surface area (TPSA) is 49.6 Å². The van der Waals surface area contributed by atoms with Crippen molar-refractivity contribution in [3.63, 3.8) is 0 Å². The Morgan fingerprint density at radius 3 is 2.71 bits per heavy atom. The van der Waals surface area contributed by atoms with Gasteiger partial charge in [0.25, 0.3) is 0 Å². The maximum Gasteiger partial charge on any atom is 0.240 e. The molecular formula is C16H27N3OS. The third-order valence-corrected chi connectivity index (χ3v) is 4.92. The fourth-order valence-electron chi connectivity index (χ4n) is 2.54. The molecular weight excluding hydrogens is 282 g/mol. The predicted molar refractivity (Wildman–Crippen MR) is 88.2 cm³/mol. The molecule has 0 spiro atoms. The summed E-state index contributed by atoms with van der Waals surface area (Å²) in [5, 5.41) is 2.12. The van der Waals surface area contributed by atoms with Crippen molar-refractivity contribution < 1.29 is 4.79 Å². The lowest BCUT2D eigenvalue weighted by atomic mass is 9.86. The number of nitrogens with zero attached hydrogens (tertiary/aromatic N) is 2. The molecule has 0 aliphatic carbocycles. The van der Waals surface area contributed by atoms with Gasteiger partial charge in [0.2, 0.25) is 5.91 Å². The Morgan fingerprint density at radius 1 is 1.33 bits per heavy atom. The van der Waals surface area contributed by atoms with Crippen molar-refractivity contribution in [3.05, 3.63) is 22.4 Å². The summed E-state index contributed by atoms with van der Waals surface area (Å²) in [7, 11) is 0. The third-order valence-electron chi connectivity index (χ3n) is 4.06. The molecule has 1 aliphatic heterocycles. The molecule has 1 aliphatic rings. The summed E-state index contributed by atoms with van der Waals surface area (Å²) in [5.74, 6) is 0.0977. The molecule has 0 aromatic carbocycles. The van der Waals surface area contributed by atoms with E-state index in [1.165, 1.54) is 4.88 Å². The number of rotatable bonds is 3. The van der Waals surface area contributed by atoms with Crippen molar-refractivity contribution in [2.45, 2.75) is 39.8 Å². The Kier molecular flexibility index (Phi) is 5.41. The standard InChI is InChI=1S/C16H27N3OS/c1-16(2,3)14(17)15(20)19-8-5-7-18(9-10-19)12-13-6-4-11-21-13/h4,6,11,14H,5,7-10,12,17H2,1-3H3/t14-/m0/s1. The van der Waals surface area contributed by atoms with Crippen LogP contribution in [0.15, 0.2) is 17.5 Å². The van der Waals surface area contributed by atoms with Crippen LogP contribution in [0.4, 0.5) is 0 Å². The molecule has 1 fully saturated rings. The highest BCUT2D eigenvalue weighted by atomic mass is 32.1. The number of hydrogen-bond donors (Lipinski definition) is 1. The summed E-state index contributed by atoms with van der Waals surface area (Å²) in [5.41, 5.74) is 5.94. The van der Waals surface area contributed by atoms with Gasteiger partial charge in [0.05, 0.1) is 6.04 Å². The lowest BCUT2D eigenvalue weighted by Crippen LogP contribution is -2.51. The summed E-state index contributed by atoms with van der Waals surface area (Å²) in [6.45, 7) is 10.7. The van der Waals surface area contributed by atoms with E-state index in [2.05, 4.69) is 22.4 Å². The molecule has 0 bridgehead atoms. The highest BCUT2D eigenvalue weighted by Crippen LogP contribution is 2.20. The van der Waals surface area contributed by atoms with Gasteiger partial charge in [-0.3, -0.25) is 9.69 Å². The molecule has 4 nitrogen and oxygen atoms in total. The first-order chi connectivity index (χ1) is 9.88. The van der Waals surface area contributed by atoms with Crippen LogP contribution in [0.5, 0.6) is 0 Å². The Balaban J connectivity index is 1.90. The Labute approximate surface area is 131 Å². The summed E-state index contributed by atoms with van der Waals surface area (Å²) in [6.07, 6.45) is 1.02. The molecule has 1 amide bonds. The quantitative estimate of drug-likeness (QED) is 0.931. The molecule has 2 N–H and O–H groups in total. The molecule has 1 saturated heterocycles. The Bertz CT molecular complexity index is 453. The van der Waals surface area contributed by atoms with Gasteiger partial charge in [0, 0.05) is 37.6 Å². The summed E-state index contributed by atoms with van der Waals surface area (Å²) < 4.78 is 0. The van der Waals surface area contributed by atoms with Gasteiger partial charge < -0.3 is 10.6 Å². The Morgan fingerprint density at radius 2 is 2.10 bits per heavy atom. The summed E-state index contributed by atoms with van der Waals surface area (Å²) >= 11 is 1.80. The van der Waals surface area contributed by atoms with Crippen LogP contribution in [0, 0.1) is 5.41 Å². The van der Waals surface area contributed by atoms with Gasteiger partial charge in [0.15, 0.2) is 0 Å². The van der Waals surface area contributed by atoms with Crippen LogP contribution in [-0.4, -0.2) is 47.9 Å². The number of nitrogens with two attached hydrogens (primary N) is 1. The van der Waals surface area contributed by atoms with E-state index in [9.17, 15) is 4.79 Å². The van der Waals surface area contributed by atoms with Crippen molar-refractivity contribution in [1.82, 2.24) is 9.80 Å². The normalized spacial score (nSPS) is 19.3. The van der Waals surface area contributed by atoms with Gasteiger partial charge in [-0.05, 0) is 23.3 Å². The molecule has 118 valence electrons. The minimum atomic E-state index is -0.415. The average molecular weight is 309 g/mol. The second kappa shape index (κ2) is 6.90.